The van der Waals surface area contributed by atoms with Gasteiger partial charge in [-0.2, -0.15) is 0 Å². The molecule has 7 heteroatoms. The van der Waals surface area contributed by atoms with Crippen LogP contribution in [0.1, 0.15) is 32.8 Å². The summed E-state index contributed by atoms with van der Waals surface area (Å²) in [6.07, 6.45) is 3.83. The molecule has 32 heavy (non-hydrogen) atoms. The first-order valence-corrected chi connectivity index (χ1v) is 10.8. The molecule has 0 aliphatic heterocycles. The second-order valence-electron chi connectivity index (χ2n) is 7.26. The predicted octanol–water partition coefficient (Wildman–Crippen LogP) is 3.94. The Kier molecular flexibility index (Phi) is 10.1. The molecule has 2 aromatic rings. The molecular formula is C25H31N3O4. The molecule has 0 radical (unpaired) electrons. The Morgan fingerprint density at radius 3 is 2.25 bits per heavy atom. The number of nitrogens with one attached hydrogen (secondary N) is 2. The molecule has 0 heterocycles. The van der Waals surface area contributed by atoms with Crippen LogP contribution in [0.15, 0.2) is 60.7 Å². The van der Waals surface area contributed by atoms with Crippen molar-refractivity contribution in [2.24, 2.45) is 0 Å². The highest BCUT2D eigenvalue weighted by Crippen LogP contribution is 2.12. The SMILES string of the molecule is CCCN(CC(=O)Nc1ccc(/C=C/C(=O)OCC)cc1)C(C)C(=O)Nc1ccccc1. The van der Waals surface area contributed by atoms with Crippen molar-refractivity contribution in [3.8, 4) is 0 Å². The van der Waals surface area contributed by atoms with Gasteiger partial charge in [-0.15, -0.1) is 0 Å². The molecule has 2 rings (SSSR count). The number of carbonyl (C=O) groups excluding carboxylic acids is 3. The Hall–Kier alpha value is -3.45. The molecule has 2 amide bonds. The van der Waals surface area contributed by atoms with E-state index in [0.717, 1.165) is 17.7 Å². The third-order valence-corrected chi connectivity index (χ3v) is 4.72. The maximum Gasteiger partial charge on any atom is 0.330 e. The van der Waals surface area contributed by atoms with Gasteiger partial charge < -0.3 is 15.4 Å². The number of para-hydroxylation sites is 1. The topological polar surface area (TPSA) is 87.7 Å². The van der Waals surface area contributed by atoms with Crippen LogP contribution in [0.25, 0.3) is 6.08 Å². The summed E-state index contributed by atoms with van der Waals surface area (Å²) in [5.74, 6) is -0.755. The zero-order chi connectivity index (χ0) is 23.3. The van der Waals surface area contributed by atoms with Gasteiger partial charge in [-0.05, 0) is 62.7 Å². The first-order valence-electron chi connectivity index (χ1n) is 10.8. The summed E-state index contributed by atoms with van der Waals surface area (Å²) in [7, 11) is 0. The summed E-state index contributed by atoms with van der Waals surface area (Å²) in [5.41, 5.74) is 2.18. The van der Waals surface area contributed by atoms with Gasteiger partial charge in [0.25, 0.3) is 0 Å². The van der Waals surface area contributed by atoms with E-state index in [0.29, 0.717) is 18.8 Å². The number of benzene rings is 2. The number of rotatable bonds is 11. The lowest BCUT2D eigenvalue weighted by atomic mass is 10.2. The van der Waals surface area contributed by atoms with Crippen molar-refractivity contribution in [1.29, 1.82) is 0 Å². The Balaban J connectivity index is 1.93. The summed E-state index contributed by atoms with van der Waals surface area (Å²) in [5, 5.41) is 5.74. The second kappa shape index (κ2) is 13.1. The van der Waals surface area contributed by atoms with E-state index >= 15 is 0 Å². The van der Waals surface area contributed by atoms with Gasteiger partial charge in [0, 0.05) is 17.5 Å². The van der Waals surface area contributed by atoms with Gasteiger partial charge in [0.1, 0.15) is 0 Å². The van der Waals surface area contributed by atoms with Crippen LogP contribution in [-0.2, 0) is 19.1 Å². The van der Waals surface area contributed by atoms with Crippen LogP contribution in [0.5, 0.6) is 0 Å². The third kappa shape index (κ3) is 8.35. The molecule has 0 aliphatic rings. The summed E-state index contributed by atoms with van der Waals surface area (Å²) in [6, 6.07) is 15.9. The second-order valence-corrected chi connectivity index (χ2v) is 7.26. The Labute approximate surface area is 189 Å². The van der Waals surface area contributed by atoms with Crippen LogP contribution >= 0.6 is 0 Å². The zero-order valence-corrected chi connectivity index (χ0v) is 18.8. The monoisotopic (exact) mass is 437 g/mol. The van der Waals surface area contributed by atoms with E-state index in [1.54, 1.807) is 44.2 Å². The fourth-order valence-electron chi connectivity index (χ4n) is 3.05. The molecule has 0 fully saturated rings. The Morgan fingerprint density at radius 2 is 1.62 bits per heavy atom. The summed E-state index contributed by atoms with van der Waals surface area (Å²) < 4.78 is 4.85. The van der Waals surface area contributed by atoms with E-state index < -0.39 is 12.0 Å². The number of ether oxygens (including phenoxy) is 1. The normalized spacial score (nSPS) is 11.9. The maximum absolute atomic E-state index is 12.6. The molecule has 1 atom stereocenters. The van der Waals surface area contributed by atoms with Gasteiger partial charge in [0.05, 0.1) is 19.2 Å². The van der Waals surface area contributed by atoms with E-state index in [1.165, 1.54) is 6.08 Å². The standard InChI is InChI=1S/C25H31N3O4/c1-4-17-28(19(3)25(31)27-21-9-7-6-8-10-21)18-23(29)26-22-14-11-20(12-15-22)13-16-24(30)32-5-2/h6-16,19H,4-5,17-18H2,1-3H3,(H,26,29)(H,27,31)/b16-13+. The minimum atomic E-state index is -0.462. The smallest absolute Gasteiger partial charge is 0.330 e. The van der Waals surface area contributed by atoms with Crippen molar-refractivity contribution in [3.05, 3.63) is 66.2 Å². The number of nitrogens with zero attached hydrogens (tertiary/aromatic N) is 1. The van der Waals surface area contributed by atoms with Crippen molar-refractivity contribution >= 4 is 35.2 Å². The fraction of sp³-hybridized carbons (Fsp3) is 0.320. The van der Waals surface area contributed by atoms with Crippen LogP contribution in [0.2, 0.25) is 0 Å². The molecule has 0 saturated heterocycles. The third-order valence-electron chi connectivity index (χ3n) is 4.72. The highest BCUT2D eigenvalue weighted by Gasteiger charge is 2.23. The average Bonchev–Trinajstić information content (AvgIpc) is 2.78. The number of esters is 1. The molecule has 2 aromatic carbocycles. The molecule has 0 aliphatic carbocycles. The van der Waals surface area contributed by atoms with Gasteiger partial charge in [-0.25, -0.2) is 4.79 Å². The minimum Gasteiger partial charge on any atom is -0.463 e. The lowest BCUT2D eigenvalue weighted by molar-refractivity contribution is -0.137. The van der Waals surface area contributed by atoms with E-state index in [2.05, 4.69) is 10.6 Å². The first kappa shape index (κ1) is 24.8. The van der Waals surface area contributed by atoms with E-state index in [9.17, 15) is 14.4 Å². The molecular weight excluding hydrogens is 406 g/mol. The molecule has 2 N–H and O–H groups in total. The summed E-state index contributed by atoms with van der Waals surface area (Å²) in [6.45, 7) is 6.61. The maximum atomic E-state index is 12.6. The molecule has 170 valence electrons. The minimum absolute atomic E-state index is 0.0989. The van der Waals surface area contributed by atoms with Crippen molar-refractivity contribution in [2.75, 3.05) is 30.3 Å². The zero-order valence-electron chi connectivity index (χ0n) is 18.8. The van der Waals surface area contributed by atoms with Crippen molar-refractivity contribution in [1.82, 2.24) is 4.90 Å². The number of anilines is 2. The quantitative estimate of drug-likeness (QED) is 0.411. The van der Waals surface area contributed by atoms with Crippen LogP contribution in [0, 0.1) is 0 Å². The molecule has 7 nitrogen and oxygen atoms in total. The highest BCUT2D eigenvalue weighted by atomic mass is 16.5. The van der Waals surface area contributed by atoms with Crippen molar-refractivity contribution < 1.29 is 19.1 Å². The van der Waals surface area contributed by atoms with Gasteiger partial charge in [-0.1, -0.05) is 37.3 Å². The van der Waals surface area contributed by atoms with Gasteiger partial charge in [0.15, 0.2) is 0 Å². The fourth-order valence-corrected chi connectivity index (χ4v) is 3.05. The number of carbonyl (C=O) groups is 3. The molecule has 0 saturated carbocycles. The predicted molar refractivity (Wildman–Crippen MR) is 127 cm³/mol. The average molecular weight is 438 g/mol. The van der Waals surface area contributed by atoms with E-state index in [-0.39, 0.29) is 18.4 Å². The lowest BCUT2D eigenvalue weighted by Crippen LogP contribution is -2.46. The van der Waals surface area contributed by atoms with Crippen molar-refractivity contribution in [3.63, 3.8) is 0 Å². The number of hydrogen-bond acceptors (Lipinski definition) is 5. The largest absolute Gasteiger partial charge is 0.463 e. The van der Waals surface area contributed by atoms with Gasteiger partial charge in [-0.3, -0.25) is 14.5 Å². The Bertz CT molecular complexity index is 911. The highest BCUT2D eigenvalue weighted by molar-refractivity contribution is 5.96. The van der Waals surface area contributed by atoms with Gasteiger partial charge in [0.2, 0.25) is 11.8 Å². The van der Waals surface area contributed by atoms with E-state index in [4.69, 9.17) is 4.74 Å². The van der Waals surface area contributed by atoms with Crippen LogP contribution < -0.4 is 10.6 Å². The summed E-state index contributed by atoms with van der Waals surface area (Å²) >= 11 is 0. The first-order chi connectivity index (χ1) is 15.4. The summed E-state index contributed by atoms with van der Waals surface area (Å²) in [4.78, 5) is 38.5. The molecule has 1 unspecified atom stereocenters. The number of amides is 2. The Morgan fingerprint density at radius 1 is 0.969 bits per heavy atom. The molecule has 0 aromatic heterocycles. The molecule has 0 bridgehead atoms. The van der Waals surface area contributed by atoms with Crippen molar-refractivity contribution in [2.45, 2.75) is 33.2 Å². The van der Waals surface area contributed by atoms with Crippen LogP contribution in [0.4, 0.5) is 11.4 Å². The van der Waals surface area contributed by atoms with Gasteiger partial charge >= 0.3 is 5.97 Å². The lowest BCUT2D eigenvalue weighted by Gasteiger charge is -2.27. The van der Waals surface area contributed by atoms with E-state index in [1.807, 2.05) is 42.2 Å². The molecule has 0 spiro atoms. The van der Waals surface area contributed by atoms with Crippen LogP contribution in [0.3, 0.4) is 0 Å². The number of hydrogen-bond donors (Lipinski definition) is 2. The van der Waals surface area contributed by atoms with Crippen LogP contribution in [-0.4, -0.2) is 48.4 Å².